The van der Waals surface area contributed by atoms with E-state index in [9.17, 15) is 0 Å². The maximum atomic E-state index is 4.33. The van der Waals surface area contributed by atoms with Crippen molar-refractivity contribution in [3.05, 3.63) is 138 Å². The Morgan fingerprint density at radius 2 is 1.28 bits per heavy atom. The first-order valence-corrected chi connectivity index (χ1v) is 17.2. The molecule has 3 rings (SSSR count). The molecule has 0 aliphatic heterocycles. The number of nitrogens with one attached hydrogen (secondary N) is 2. The summed E-state index contributed by atoms with van der Waals surface area (Å²) in [7, 11) is 0. The molecule has 0 bridgehead atoms. The van der Waals surface area contributed by atoms with Crippen molar-refractivity contribution in [2.75, 3.05) is 6.54 Å². The number of benzene rings is 3. The largest absolute Gasteiger partial charge is 0.383 e. The quantitative estimate of drug-likeness (QED) is 0.185. The molecule has 252 valence electrons. The van der Waals surface area contributed by atoms with Gasteiger partial charge in [0.15, 0.2) is 0 Å². The van der Waals surface area contributed by atoms with E-state index in [-0.39, 0.29) is 5.92 Å². The van der Waals surface area contributed by atoms with Crippen LogP contribution in [-0.2, 0) is 6.54 Å². The lowest BCUT2D eigenvalue weighted by Crippen LogP contribution is -2.26. The first kappa shape index (κ1) is 42.2. The molecule has 1 unspecified atom stereocenters. The van der Waals surface area contributed by atoms with Gasteiger partial charge in [-0.05, 0) is 66.3 Å². The third kappa shape index (κ3) is 21.8. The highest BCUT2D eigenvalue weighted by molar-refractivity contribution is 5.69. The molecule has 0 spiro atoms. The van der Waals surface area contributed by atoms with Crippen molar-refractivity contribution in [3.63, 3.8) is 0 Å². The van der Waals surface area contributed by atoms with Gasteiger partial charge in [0.25, 0.3) is 0 Å². The van der Waals surface area contributed by atoms with E-state index in [0.29, 0.717) is 6.54 Å². The van der Waals surface area contributed by atoms with Gasteiger partial charge in [0.05, 0.1) is 6.54 Å². The molecule has 1 atom stereocenters. The van der Waals surface area contributed by atoms with Crippen molar-refractivity contribution in [1.82, 2.24) is 10.6 Å². The Bertz CT molecular complexity index is 1250. The molecule has 0 fully saturated rings. The first-order valence-electron chi connectivity index (χ1n) is 17.2. The Morgan fingerprint density at radius 1 is 0.761 bits per heavy atom. The van der Waals surface area contributed by atoms with Gasteiger partial charge in [0.1, 0.15) is 0 Å². The molecule has 46 heavy (non-hydrogen) atoms. The van der Waals surface area contributed by atoms with Crippen molar-refractivity contribution >= 4 is 6.08 Å². The van der Waals surface area contributed by atoms with Gasteiger partial charge in [-0.2, -0.15) is 0 Å². The molecule has 3 aromatic carbocycles. The topological polar surface area (TPSA) is 24.1 Å². The van der Waals surface area contributed by atoms with Crippen LogP contribution in [0, 0.1) is 24.7 Å². The minimum Gasteiger partial charge on any atom is -0.383 e. The van der Waals surface area contributed by atoms with Crippen LogP contribution in [0.25, 0.3) is 17.2 Å². The second-order valence-corrected chi connectivity index (χ2v) is 13.4. The standard InChI is InChI=1S/C33H38N2.2C4H10.C3H8/c1-25(2)21-32(28(5)35-23-27(4)34-24-30-13-8-6-9-14-30)18-12-15-29-19-20-33(26(3)22-29)31-16-10-7-11-17-31;2*1-4(2)3;1-3-2/h6-17,19-20,22,32,34-35H,1,4-5,18,21,23-24H2,2-3H3;2*4H,1-3H3;3H2,1-2H3/b15-12+;;;. The highest BCUT2D eigenvalue weighted by Crippen LogP contribution is 2.25. The van der Waals surface area contributed by atoms with Crippen LogP contribution in [0.4, 0.5) is 0 Å². The van der Waals surface area contributed by atoms with Gasteiger partial charge < -0.3 is 10.6 Å². The Kier molecular flexibility index (Phi) is 23.3. The maximum absolute atomic E-state index is 4.33. The van der Waals surface area contributed by atoms with Crippen molar-refractivity contribution in [2.24, 2.45) is 17.8 Å². The molecule has 0 heterocycles. The second-order valence-electron chi connectivity index (χ2n) is 13.4. The molecular formula is C44H66N2. The van der Waals surface area contributed by atoms with Gasteiger partial charge in [0.2, 0.25) is 0 Å². The van der Waals surface area contributed by atoms with Gasteiger partial charge >= 0.3 is 0 Å². The minimum absolute atomic E-state index is 0.287. The Morgan fingerprint density at radius 3 is 1.78 bits per heavy atom. The molecule has 3 aromatic rings. The molecular weight excluding hydrogens is 556 g/mol. The molecule has 0 radical (unpaired) electrons. The summed E-state index contributed by atoms with van der Waals surface area (Å²) in [6, 6.07) is 27.5. The van der Waals surface area contributed by atoms with Crippen LogP contribution < -0.4 is 10.6 Å². The van der Waals surface area contributed by atoms with Gasteiger partial charge in [-0.3, -0.25) is 0 Å². The zero-order chi connectivity index (χ0) is 34.9. The van der Waals surface area contributed by atoms with Crippen LogP contribution in [0.3, 0.4) is 0 Å². The van der Waals surface area contributed by atoms with E-state index in [1.54, 1.807) is 0 Å². The molecule has 0 aliphatic carbocycles. The lowest BCUT2D eigenvalue weighted by molar-refractivity contribution is 0.566. The van der Waals surface area contributed by atoms with Gasteiger partial charge in [-0.25, -0.2) is 0 Å². The third-order valence-electron chi connectivity index (χ3n) is 6.07. The number of rotatable bonds is 13. The van der Waals surface area contributed by atoms with Crippen LogP contribution in [0.1, 0.15) is 98.3 Å². The lowest BCUT2D eigenvalue weighted by Gasteiger charge is -2.21. The molecule has 2 N–H and O–H groups in total. The summed E-state index contributed by atoms with van der Waals surface area (Å²) in [5.74, 6) is 1.95. The van der Waals surface area contributed by atoms with Crippen molar-refractivity contribution in [2.45, 2.75) is 95.0 Å². The molecule has 2 nitrogen and oxygen atoms in total. The zero-order valence-corrected chi connectivity index (χ0v) is 31.0. The second kappa shape index (κ2) is 25.4. The molecule has 0 aromatic heterocycles. The van der Waals surface area contributed by atoms with Crippen LogP contribution in [0.2, 0.25) is 0 Å². The average molecular weight is 623 g/mol. The smallest absolute Gasteiger partial charge is 0.0538 e. The predicted molar refractivity (Wildman–Crippen MR) is 210 cm³/mol. The number of aryl methyl sites for hydroxylation is 1. The summed E-state index contributed by atoms with van der Waals surface area (Å²) >= 11 is 0. The molecule has 0 saturated heterocycles. The summed E-state index contributed by atoms with van der Waals surface area (Å²) in [5, 5.41) is 6.87. The van der Waals surface area contributed by atoms with Crippen molar-refractivity contribution < 1.29 is 0 Å². The normalized spacial score (nSPS) is 10.9. The first-order chi connectivity index (χ1) is 21.8. The van der Waals surface area contributed by atoms with Gasteiger partial charge in [-0.15, -0.1) is 6.58 Å². The predicted octanol–water partition coefficient (Wildman–Crippen LogP) is 12.8. The van der Waals surface area contributed by atoms with Crippen LogP contribution in [0.15, 0.2) is 122 Å². The zero-order valence-electron chi connectivity index (χ0n) is 31.0. The van der Waals surface area contributed by atoms with E-state index in [1.807, 2.05) is 6.07 Å². The third-order valence-corrected chi connectivity index (χ3v) is 6.07. The van der Waals surface area contributed by atoms with E-state index in [4.69, 9.17) is 0 Å². The maximum Gasteiger partial charge on any atom is 0.0538 e. The number of hydrogen-bond acceptors (Lipinski definition) is 2. The summed E-state index contributed by atoms with van der Waals surface area (Å²) in [6.07, 6.45) is 7.52. The summed E-state index contributed by atoms with van der Waals surface area (Å²) < 4.78 is 0. The molecule has 0 aliphatic rings. The summed E-state index contributed by atoms with van der Waals surface area (Å²) in [5.41, 5.74) is 9.41. The van der Waals surface area contributed by atoms with E-state index in [2.05, 4.69) is 185 Å². The minimum atomic E-state index is 0.287. The number of allylic oxidation sites excluding steroid dienone is 3. The highest BCUT2D eigenvalue weighted by atomic mass is 15.0. The number of hydrogen-bond donors (Lipinski definition) is 2. The lowest BCUT2D eigenvalue weighted by atomic mass is 9.93. The monoisotopic (exact) mass is 623 g/mol. The van der Waals surface area contributed by atoms with E-state index in [1.165, 1.54) is 34.2 Å². The van der Waals surface area contributed by atoms with E-state index >= 15 is 0 Å². The van der Waals surface area contributed by atoms with Crippen LogP contribution in [0.5, 0.6) is 0 Å². The van der Waals surface area contributed by atoms with Crippen LogP contribution in [-0.4, -0.2) is 6.54 Å². The fraction of sp³-hybridized carbons (Fsp3) is 0.409. The molecule has 0 amide bonds. The highest BCUT2D eigenvalue weighted by Gasteiger charge is 2.12. The van der Waals surface area contributed by atoms with Gasteiger partial charge in [0, 0.05) is 23.9 Å². The van der Waals surface area contributed by atoms with Gasteiger partial charge in [-0.1, -0.05) is 172 Å². The fourth-order valence-corrected chi connectivity index (χ4v) is 4.12. The van der Waals surface area contributed by atoms with E-state index in [0.717, 1.165) is 48.2 Å². The summed E-state index contributed by atoms with van der Waals surface area (Å²) in [6.45, 7) is 35.5. The molecule has 2 heteroatoms. The summed E-state index contributed by atoms with van der Waals surface area (Å²) in [4.78, 5) is 0. The van der Waals surface area contributed by atoms with Crippen molar-refractivity contribution in [1.29, 1.82) is 0 Å². The van der Waals surface area contributed by atoms with Crippen LogP contribution >= 0.6 is 0 Å². The Labute approximate surface area is 284 Å². The Balaban J connectivity index is 0.00000160. The fourth-order valence-electron chi connectivity index (χ4n) is 4.12. The van der Waals surface area contributed by atoms with Crippen molar-refractivity contribution in [3.8, 4) is 11.1 Å². The van der Waals surface area contributed by atoms with E-state index < -0.39 is 0 Å². The SMILES string of the molecule is C=C(C)CC(C/C=C/c1ccc(-c2ccccc2)c(C)c1)C(=C)NCC(=C)NCc1ccccc1.CC(C)C.CC(C)C.CCC. The average Bonchev–Trinajstić information content (AvgIpc) is 2.99. The Hall–Kier alpha value is -3.78. The molecule has 0 saturated carbocycles.